The smallest absolute Gasteiger partial charge is 0.165 e. The van der Waals surface area contributed by atoms with Gasteiger partial charge in [-0.15, -0.1) is 0 Å². The summed E-state index contributed by atoms with van der Waals surface area (Å²) in [5, 5.41) is 0. The van der Waals surface area contributed by atoms with E-state index in [9.17, 15) is 9.59 Å². The second-order valence-electron chi connectivity index (χ2n) is 8.08. The van der Waals surface area contributed by atoms with Gasteiger partial charge in [0.05, 0.1) is 0 Å². The molecular weight excluding hydrogens is 368 g/mol. The Bertz CT molecular complexity index is 912. The van der Waals surface area contributed by atoms with Crippen molar-refractivity contribution in [2.24, 2.45) is 11.8 Å². The Labute approximate surface area is 180 Å². The molecule has 3 rings (SSSR count). The van der Waals surface area contributed by atoms with Gasteiger partial charge in [0.15, 0.2) is 11.6 Å². The van der Waals surface area contributed by atoms with Crippen LogP contribution in [-0.4, -0.2) is 11.6 Å². The summed E-state index contributed by atoms with van der Waals surface area (Å²) in [4.78, 5) is 24.6. The van der Waals surface area contributed by atoms with Gasteiger partial charge in [0.25, 0.3) is 0 Å². The minimum atomic E-state index is 0.0574. The number of carbonyl (C=O) groups is 2. The van der Waals surface area contributed by atoms with E-state index in [1.165, 1.54) is 0 Å². The van der Waals surface area contributed by atoms with Crippen LogP contribution in [0.3, 0.4) is 0 Å². The van der Waals surface area contributed by atoms with Gasteiger partial charge in [0.2, 0.25) is 0 Å². The fourth-order valence-electron chi connectivity index (χ4n) is 3.45. The van der Waals surface area contributed by atoms with E-state index in [1.54, 1.807) is 0 Å². The first kappa shape index (κ1) is 21.7. The van der Waals surface area contributed by atoms with E-state index in [0.29, 0.717) is 0 Å². The van der Waals surface area contributed by atoms with E-state index in [1.807, 2.05) is 76.2 Å². The number of carbonyl (C=O) groups excluding carboxylic acids is 2. The third-order valence-corrected chi connectivity index (χ3v) is 6.01. The van der Waals surface area contributed by atoms with Crippen molar-refractivity contribution in [3.8, 4) is 22.3 Å². The molecule has 0 aliphatic carbocycles. The molecule has 0 bridgehead atoms. The van der Waals surface area contributed by atoms with Gasteiger partial charge in [-0.3, -0.25) is 9.59 Å². The van der Waals surface area contributed by atoms with Crippen molar-refractivity contribution in [3.63, 3.8) is 0 Å². The zero-order valence-electron chi connectivity index (χ0n) is 18.3. The number of hydrogen-bond acceptors (Lipinski definition) is 2. The van der Waals surface area contributed by atoms with Crippen LogP contribution in [0.15, 0.2) is 72.8 Å². The summed E-state index contributed by atoms with van der Waals surface area (Å²) in [6.07, 6.45) is 1.71. The minimum absolute atomic E-state index is 0.0574. The average molecular weight is 399 g/mol. The predicted molar refractivity (Wildman–Crippen MR) is 125 cm³/mol. The van der Waals surface area contributed by atoms with E-state index in [2.05, 4.69) is 24.3 Å². The third kappa shape index (κ3) is 4.76. The third-order valence-electron chi connectivity index (χ3n) is 6.01. The van der Waals surface area contributed by atoms with E-state index in [-0.39, 0.29) is 23.4 Å². The fourth-order valence-corrected chi connectivity index (χ4v) is 3.45. The standard InChI is InChI=1S/C28H30O2/c1-5-19(3)27(29)25-15-11-23(12-16-25)21-7-9-22(10-8-21)24-13-17-26(18-14-24)28(30)20(4)6-2/h7-20H,5-6H2,1-4H3/t19-,20-/m0/s1. The van der Waals surface area contributed by atoms with Crippen LogP contribution in [-0.2, 0) is 0 Å². The molecule has 2 heteroatoms. The van der Waals surface area contributed by atoms with Crippen molar-refractivity contribution in [1.29, 1.82) is 0 Å². The van der Waals surface area contributed by atoms with Gasteiger partial charge in [0.1, 0.15) is 0 Å². The number of Topliss-reactive ketones (excluding diaryl/α,β-unsaturated/α-hetero) is 2. The SMILES string of the molecule is CC[C@H](C)C(=O)c1ccc(-c2ccc(-c3ccc(C(=O)[C@@H](C)CC)cc3)cc2)cc1. The molecule has 3 aromatic rings. The Morgan fingerprint density at radius 2 is 0.767 bits per heavy atom. The van der Waals surface area contributed by atoms with Gasteiger partial charge >= 0.3 is 0 Å². The molecule has 0 N–H and O–H groups in total. The molecule has 0 heterocycles. The van der Waals surface area contributed by atoms with Crippen LogP contribution in [0.4, 0.5) is 0 Å². The quantitative estimate of drug-likeness (QED) is 0.369. The summed E-state index contributed by atoms with van der Waals surface area (Å²) in [7, 11) is 0. The summed E-state index contributed by atoms with van der Waals surface area (Å²) >= 11 is 0. The van der Waals surface area contributed by atoms with E-state index in [4.69, 9.17) is 0 Å². The van der Waals surface area contributed by atoms with Crippen LogP contribution >= 0.6 is 0 Å². The lowest BCUT2D eigenvalue weighted by Gasteiger charge is -2.10. The van der Waals surface area contributed by atoms with Gasteiger partial charge in [0, 0.05) is 23.0 Å². The summed E-state index contributed by atoms with van der Waals surface area (Å²) < 4.78 is 0. The first-order chi connectivity index (χ1) is 14.4. The van der Waals surface area contributed by atoms with Gasteiger partial charge < -0.3 is 0 Å². The van der Waals surface area contributed by atoms with Crippen LogP contribution in [0.2, 0.25) is 0 Å². The van der Waals surface area contributed by atoms with Crippen LogP contribution in [0.1, 0.15) is 61.3 Å². The Kier molecular flexibility index (Phi) is 6.99. The van der Waals surface area contributed by atoms with Gasteiger partial charge in [-0.1, -0.05) is 100 Å². The average Bonchev–Trinajstić information content (AvgIpc) is 2.82. The molecule has 0 unspecified atom stereocenters. The number of ketones is 2. The van der Waals surface area contributed by atoms with Crippen molar-refractivity contribution in [1.82, 2.24) is 0 Å². The molecule has 2 atom stereocenters. The van der Waals surface area contributed by atoms with Gasteiger partial charge in [-0.25, -0.2) is 0 Å². The normalized spacial score (nSPS) is 12.9. The Morgan fingerprint density at radius 1 is 0.533 bits per heavy atom. The lowest BCUT2D eigenvalue weighted by molar-refractivity contribution is 0.0920. The lowest BCUT2D eigenvalue weighted by Crippen LogP contribution is -2.09. The van der Waals surface area contributed by atoms with Crippen molar-refractivity contribution in [2.45, 2.75) is 40.5 Å². The molecular formula is C28H30O2. The molecule has 0 spiro atoms. The van der Waals surface area contributed by atoms with Crippen LogP contribution in [0.25, 0.3) is 22.3 Å². The van der Waals surface area contributed by atoms with E-state index >= 15 is 0 Å². The van der Waals surface area contributed by atoms with E-state index < -0.39 is 0 Å². The fraction of sp³-hybridized carbons (Fsp3) is 0.286. The first-order valence-corrected chi connectivity index (χ1v) is 10.8. The highest BCUT2D eigenvalue weighted by molar-refractivity contribution is 5.98. The van der Waals surface area contributed by atoms with E-state index in [0.717, 1.165) is 46.2 Å². The highest BCUT2D eigenvalue weighted by Crippen LogP contribution is 2.26. The monoisotopic (exact) mass is 398 g/mol. The zero-order valence-corrected chi connectivity index (χ0v) is 18.3. The predicted octanol–water partition coefficient (Wildman–Crippen LogP) is 7.48. The van der Waals surface area contributed by atoms with Crippen molar-refractivity contribution < 1.29 is 9.59 Å². The topological polar surface area (TPSA) is 34.1 Å². The van der Waals surface area contributed by atoms with Gasteiger partial charge in [-0.2, -0.15) is 0 Å². The molecule has 30 heavy (non-hydrogen) atoms. The molecule has 0 amide bonds. The first-order valence-electron chi connectivity index (χ1n) is 10.8. The molecule has 0 aromatic heterocycles. The van der Waals surface area contributed by atoms with Crippen molar-refractivity contribution in [2.75, 3.05) is 0 Å². The molecule has 0 saturated carbocycles. The van der Waals surface area contributed by atoms with Crippen LogP contribution in [0.5, 0.6) is 0 Å². The molecule has 3 aromatic carbocycles. The number of hydrogen-bond donors (Lipinski definition) is 0. The van der Waals surface area contributed by atoms with Crippen LogP contribution < -0.4 is 0 Å². The summed E-state index contributed by atoms with van der Waals surface area (Å²) in [6.45, 7) is 8.02. The molecule has 0 aliphatic heterocycles. The summed E-state index contributed by atoms with van der Waals surface area (Å²) in [5.74, 6) is 0.522. The highest BCUT2D eigenvalue weighted by Gasteiger charge is 2.14. The molecule has 0 saturated heterocycles. The van der Waals surface area contributed by atoms with Crippen molar-refractivity contribution >= 4 is 11.6 Å². The lowest BCUT2D eigenvalue weighted by atomic mass is 9.94. The maximum atomic E-state index is 12.3. The highest BCUT2D eigenvalue weighted by atomic mass is 16.1. The summed E-state index contributed by atoms with van der Waals surface area (Å²) in [6, 6.07) is 24.1. The molecule has 0 radical (unpaired) electrons. The van der Waals surface area contributed by atoms with Gasteiger partial charge in [-0.05, 0) is 35.1 Å². The molecule has 154 valence electrons. The number of rotatable bonds is 8. The number of benzene rings is 3. The maximum Gasteiger partial charge on any atom is 0.165 e. The minimum Gasteiger partial charge on any atom is -0.294 e. The molecule has 0 fully saturated rings. The molecule has 2 nitrogen and oxygen atoms in total. The van der Waals surface area contributed by atoms with Crippen molar-refractivity contribution in [3.05, 3.63) is 83.9 Å². The second-order valence-corrected chi connectivity index (χ2v) is 8.08. The Balaban J connectivity index is 1.75. The van der Waals surface area contributed by atoms with Crippen LogP contribution in [0, 0.1) is 11.8 Å². The molecule has 0 aliphatic rings. The Morgan fingerprint density at radius 3 is 1.00 bits per heavy atom. The Hall–Kier alpha value is -3.00. The second kappa shape index (κ2) is 9.67. The maximum absolute atomic E-state index is 12.3. The largest absolute Gasteiger partial charge is 0.294 e. The zero-order chi connectivity index (χ0) is 21.7. The summed E-state index contributed by atoms with van der Waals surface area (Å²) in [5.41, 5.74) is 5.97.